The Labute approximate surface area is 110 Å². The third-order valence-corrected chi connectivity index (χ3v) is 3.23. The van der Waals surface area contributed by atoms with E-state index in [9.17, 15) is 9.59 Å². The molecule has 0 atom stereocenters. The fourth-order valence-corrected chi connectivity index (χ4v) is 2.09. The molecule has 96 valence electrons. The lowest BCUT2D eigenvalue weighted by molar-refractivity contribution is 0.108. The van der Waals surface area contributed by atoms with E-state index in [2.05, 4.69) is 4.90 Å². The minimum absolute atomic E-state index is 0.463. The summed E-state index contributed by atoms with van der Waals surface area (Å²) < 4.78 is 0. The Bertz CT molecular complexity index is 453. The van der Waals surface area contributed by atoms with Crippen LogP contribution in [0.2, 0.25) is 0 Å². The van der Waals surface area contributed by atoms with E-state index in [1.54, 1.807) is 12.1 Å². The van der Waals surface area contributed by atoms with Gasteiger partial charge in [0.25, 0.3) is 5.24 Å². The molecule has 1 aromatic rings. The maximum absolute atomic E-state index is 10.9. The minimum atomic E-state index is -0.877. The molecule has 2 rings (SSSR count). The molecular weight excluding hydrogens is 256 g/mol. The second-order valence-electron chi connectivity index (χ2n) is 4.08. The van der Waals surface area contributed by atoms with Crippen molar-refractivity contribution >= 4 is 28.6 Å². The summed E-state index contributed by atoms with van der Waals surface area (Å²) in [6, 6.07) is 7.00. The highest BCUT2D eigenvalue weighted by Crippen LogP contribution is 2.18. The largest absolute Gasteiger partial charge is 0.465 e. The average molecular weight is 269 g/mol. The molecule has 0 aliphatic carbocycles. The van der Waals surface area contributed by atoms with Crippen molar-refractivity contribution in [1.29, 1.82) is 0 Å². The van der Waals surface area contributed by atoms with Crippen LogP contribution >= 0.6 is 11.6 Å². The van der Waals surface area contributed by atoms with E-state index in [1.165, 1.54) is 4.90 Å². The molecule has 1 aliphatic rings. The number of nitrogens with zero attached hydrogens (tertiary/aromatic N) is 2. The molecule has 5 nitrogen and oxygen atoms in total. The van der Waals surface area contributed by atoms with Gasteiger partial charge in [0.1, 0.15) is 0 Å². The molecule has 0 bridgehead atoms. The average Bonchev–Trinajstić information content (AvgIpc) is 2.39. The number of carbonyl (C=O) groups is 2. The second kappa shape index (κ2) is 5.27. The number of piperazine rings is 1. The minimum Gasteiger partial charge on any atom is -0.465 e. The van der Waals surface area contributed by atoms with Crippen molar-refractivity contribution in [2.75, 3.05) is 31.1 Å². The number of hydrogen-bond acceptors (Lipinski definition) is 3. The Kier molecular flexibility index (Phi) is 3.72. The zero-order valence-electron chi connectivity index (χ0n) is 9.67. The smallest absolute Gasteiger partial charge is 0.407 e. The molecule has 1 aromatic carbocycles. The van der Waals surface area contributed by atoms with E-state index in [-0.39, 0.29) is 0 Å². The van der Waals surface area contributed by atoms with Gasteiger partial charge in [0.05, 0.1) is 0 Å². The summed E-state index contributed by atoms with van der Waals surface area (Å²) in [5.74, 6) is 0. The van der Waals surface area contributed by atoms with Gasteiger partial charge in [0, 0.05) is 37.4 Å². The Morgan fingerprint density at radius 2 is 1.61 bits per heavy atom. The number of carbonyl (C=O) groups excluding carboxylic acids is 1. The number of benzene rings is 1. The summed E-state index contributed by atoms with van der Waals surface area (Å²) in [4.78, 5) is 25.2. The molecule has 0 aromatic heterocycles. The van der Waals surface area contributed by atoms with Gasteiger partial charge in [-0.05, 0) is 35.9 Å². The van der Waals surface area contributed by atoms with Gasteiger partial charge in [-0.1, -0.05) is 0 Å². The van der Waals surface area contributed by atoms with Crippen LogP contribution in [0.4, 0.5) is 10.5 Å². The molecule has 1 saturated heterocycles. The lowest BCUT2D eigenvalue weighted by Gasteiger charge is -2.34. The van der Waals surface area contributed by atoms with Crippen LogP contribution in [0.15, 0.2) is 24.3 Å². The van der Waals surface area contributed by atoms with E-state index < -0.39 is 11.3 Å². The second-order valence-corrected chi connectivity index (χ2v) is 4.42. The SMILES string of the molecule is O=C(Cl)c1ccc(N2CCN(C(=O)O)CC2)cc1. The van der Waals surface area contributed by atoms with Crippen LogP contribution in [0, 0.1) is 0 Å². The molecule has 0 saturated carbocycles. The molecule has 0 unspecified atom stereocenters. The fourth-order valence-electron chi connectivity index (χ4n) is 1.96. The summed E-state index contributed by atoms with van der Waals surface area (Å²) >= 11 is 5.37. The third kappa shape index (κ3) is 2.73. The van der Waals surface area contributed by atoms with Gasteiger partial charge in [0.2, 0.25) is 0 Å². The molecule has 1 fully saturated rings. The van der Waals surface area contributed by atoms with Gasteiger partial charge >= 0.3 is 6.09 Å². The van der Waals surface area contributed by atoms with E-state index in [0.717, 1.165) is 5.69 Å². The van der Waals surface area contributed by atoms with Crippen LogP contribution in [0.25, 0.3) is 0 Å². The van der Waals surface area contributed by atoms with E-state index in [4.69, 9.17) is 16.7 Å². The normalized spacial score (nSPS) is 15.6. The molecule has 1 aliphatic heterocycles. The molecule has 0 radical (unpaired) electrons. The van der Waals surface area contributed by atoms with Gasteiger partial charge < -0.3 is 14.9 Å². The Balaban J connectivity index is 2.01. The standard InChI is InChI=1S/C12H13ClN2O3/c13-11(16)9-1-3-10(4-2-9)14-5-7-15(8-6-14)12(17)18/h1-4H,5-8H2,(H,17,18). The zero-order valence-corrected chi connectivity index (χ0v) is 10.4. The summed E-state index contributed by atoms with van der Waals surface area (Å²) in [5.41, 5.74) is 1.44. The fraction of sp³-hybridized carbons (Fsp3) is 0.333. The molecule has 0 spiro atoms. The van der Waals surface area contributed by atoms with Crippen molar-refractivity contribution in [3.05, 3.63) is 29.8 Å². The van der Waals surface area contributed by atoms with Crippen molar-refractivity contribution in [3.63, 3.8) is 0 Å². The lowest BCUT2D eigenvalue weighted by Crippen LogP contribution is -2.48. The quantitative estimate of drug-likeness (QED) is 0.832. The highest BCUT2D eigenvalue weighted by Gasteiger charge is 2.20. The summed E-state index contributed by atoms with van der Waals surface area (Å²) in [5, 5.41) is 8.37. The third-order valence-electron chi connectivity index (χ3n) is 3.01. The number of hydrogen-bond donors (Lipinski definition) is 1. The maximum Gasteiger partial charge on any atom is 0.407 e. The number of carboxylic acid groups (broad SMARTS) is 1. The van der Waals surface area contributed by atoms with Crippen molar-refractivity contribution in [2.24, 2.45) is 0 Å². The van der Waals surface area contributed by atoms with Crippen molar-refractivity contribution in [1.82, 2.24) is 4.90 Å². The molecule has 1 amide bonds. The van der Waals surface area contributed by atoms with Crippen LogP contribution in [0.5, 0.6) is 0 Å². The van der Waals surface area contributed by atoms with E-state index in [1.807, 2.05) is 12.1 Å². The van der Waals surface area contributed by atoms with Gasteiger partial charge in [-0.15, -0.1) is 0 Å². The van der Waals surface area contributed by atoms with Crippen LogP contribution in [0.3, 0.4) is 0 Å². The Hall–Kier alpha value is -1.75. The Morgan fingerprint density at radius 1 is 1.06 bits per heavy atom. The monoisotopic (exact) mass is 268 g/mol. The Morgan fingerprint density at radius 3 is 2.06 bits per heavy atom. The highest BCUT2D eigenvalue weighted by molar-refractivity contribution is 6.67. The van der Waals surface area contributed by atoms with E-state index in [0.29, 0.717) is 31.7 Å². The molecule has 1 heterocycles. The van der Waals surface area contributed by atoms with Crippen molar-refractivity contribution < 1.29 is 14.7 Å². The molecule has 1 N–H and O–H groups in total. The predicted octanol–water partition coefficient (Wildman–Crippen LogP) is 1.87. The summed E-state index contributed by atoms with van der Waals surface area (Å²) in [7, 11) is 0. The summed E-state index contributed by atoms with van der Waals surface area (Å²) in [6.07, 6.45) is -0.877. The zero-order chi connectivity index (χ0) is 13.1. The number of amides is 1. The maximum atomic E-state index is 10.9. The molecular formula is C12H13ClN2O3. The highest BCUT2D eigenvalue weighted by atomic mass is 35.5. The first kappa shape index (κ1) is 12.7. The predicted molar refractivity (Wildman–Crippen MR) is 68.4 cm³/mol. The van der Waals surface area contributed by atoms with Crippen LogP contribution in [-0.4, -0.2) is 47.5 Å². The van der Waals surface area contributed by atoms with E-state index >= 15 is 0 Å². The molecule has 6 heteroatoms. The summed E-state index contributed by atoms with van der Waals surface area (Å²) in [6.45, 7) is 2.29. The van der Waals surface area contributed by atoms with Gasteiger partial charge in [0.15, 0.2) is 0 Å². The molecule has 18 heavy (non-hydrogen) atoms. The van der Waals surface area contributed by atoms with Crippen LogP contribution < -0.4 is 4.90 Å². The van der Waals surface area contributed by atoms with Crippen molar-refractivity contribution in [2.45, 2.75) is 0 Å². The van der Waals surface area contributed by atoms with Gasteiger partial charge in [-0.25, -0.2) is 4.79 Å². The number of rotatable bonds is 2. The van der Waals surface area contributed by atoms with Crippen LogP contribution in [-0.2, 0) is 0 Å². The lowest BCUT2D eigenvalue weighted by atomic mass is 10.2. The topological polar surface area (TPSA) is 60.9 Å². The van der Waals surface area contributed by atoms with Gasteiger partial charge in [-0.3, -0.25) is 4.79 Å². The van der Waals surface area contributed by atoms with Gasteiger partial charge in [-0.2, -0.15) is 0 Å². The first-order valence-corrected chi connectivity index (χ1v) is 5.98. The number of anilines is 1. The van der Waals surface area contributed by atoms with Crippen LogP contribution in [0.1, 0.15) is 10.4 Å². The number of halogens is 1. The van der Waals surface area contributed by atoms with Crippen molar-refractivity contribution in [3.8, 4) is 0 Å². The first-order valence-electron chi connectivity index (χ1n) is 5.60. The first-order chi connectivity index (χ1) is 8.58.